The van der Waals surface area contributed by atoms with Crippen molar-refractivity contribution in [2.24, 2.45) is 0 Å². The van der Waals surface area contributed by atoms with E-state index < -0.39 is 0 Å². The normalized spacial score (nSPS) is 11.1. The highest BCUT2D eigenvalue weighted by Crippen LogP contribution is 2.27. The number of aryl methyl sites for hydroxylation is 1. The number of rotatable bonds is 6. The molecule has 0 bridgehead atoms. The van der Waals surface area contributed by atoms with Crippen LogP contribution in [0.5, 0.6) is 5.75 Å². The summed E-state index contributed by atoms with van der Waals surface area (Å²) in [5.74, 6) is 0.368. The van der Waals surface area contributed by atoms with Crippen LogP contribution in [-0.2, 0) is 4.79 Å². The van der Waals surface area contributed by atoms with Crippen molar-refractivity contribution in [3.05, 3.63) is 108 Å². The molecule has 0 fully saturated rings. The first-order valence-electron chi connectivity index (χ1n) is 10.3. The Bertz CT molecular complexity index is 1330. The predicted octanol–water partition coefficient (Wildman–Crippen LogP) is 6.23. The second-order valence-corrected chi connectivity index (χ2v) is 7.47. The number of nitrogens with one attached hydrogen (secondary N) is 1. The van der Waals surface area contributed by atoms with Gasteiger partial charge in [0.25, 0.3) is 5.91 Å². The first-order valence-corrected chi connectivity index (χ1v) is 10.3. The van der Waals surface area contributed by atoms with Gasteiger partial charge < -0.3 is 10.1 Å². The topological polar surface area (TPSA) is 62.1 Å². The number of nitriles is 1. The Morgan fingerprint density at radius 1 is 0.969 bits per heavy atom. The van der Waals surface area contributed by atoms with E-state index in [-0.39, 0.29) is 12.5 Å². The van der Waals surface area contributed by atoms with Crippen molar-refractivity contribution in [3.8, 4) is 11.8 Å². The third-order valence-corrected chi connectivity index (χ3v) is 5.06. The minimum atomic E-state index is -0.220. The van der Waals surface area contributed by atoms with Crippen LogP contribution in [0.3, 0.4) is 0 Å². The van der Waals surface area contributed by atoms with Gasteiger partial charge in [0.2, 0.25) is 0 Å². The molecule has 0 heterocycles. The molecule has 0 atom stereocenters. The zero-order valence-corrected chi connectivity index (χ0v) is 17.7. The van der Waals surface area contributed by atoms with Crippen LogP contribution in [0.15, 0.2) is 91.0 Å². The zero-order chi connectivity index (χ0) is 22.3. The van der Waals surface area contributed by atoms with Crippen molar-refractivity contribution >= 4 is 34.0 Å². The number of amides is 1. The van der Waals surface area contributed by atoms with Gasteiger partial charge in [0.15, 0.2) is 6.61 Å². The van der Waals surface area contributed by atoms with Gasteiger partial charge in [0.05, 0.1) is 11.6 Å². The van der Waals surface area contributed by atoms with E-state index in [2.05, 4.69) is 11.4 Å². The summed E-state index contributed by atoms with van der Waals surface area (Å²) in [5.41, 5.74) is 4.20. The highest BCUT2D eigenvalue weighted by atomic mass is 16.5. The minimum Gasteiger partial charge on any atom is -0.484 e. The summed E-state index contributed by atoms with van der Waals surface area (Å²) in [4.78, 5) is 12.1. The van der Waals surface area contributed by atoms with E-state index >= 15 is 0 Å². The van der Waals surface area contributed by atoms with Crippen molar-refractivity contribution in [1.82, 2.24) is 0 Å². The molecular formula is C28H22N2O2. The molecule has 32 heavy (non-hydrogen) atoms. The molecule has 0 saturated carbocycles. The van der Waals surface area contributed by atoms with Crippen molar-refractivity contribution in [2.45, 2.75) is 6.92 Å². The highest BCUT2D eigenvalue weighted by Gasteiger charge is 2.07. The Morgan fingerprint density at radius 3 is 2.50 bits per heavy atom. The van der Waals surface area contributed by atoms with Crippen molar-refractivity contribution in [3.63, 3.8) is 0 Å². The first kappa shape index (κ1) is 20.9. The lowest BCUT2D eigenvalue weighted by Crippen LogP contribution is -2.20. The quantitative estimate of drug-likeness (QED) is 0.298. The Kier molecular flexibility index (Phi) is 6.29. The Morgan fingerprint density at radius 2 is 1.72 bits per heavy atom. The Labute approximate surface area is 187 Å². The van der Waals surface area contributed by atoms with Crippen LogP contribution < -0.4 is 10.1 Å². The van der Waals surface area contributed by atoms with E-state index in [0.29, 0.717) is 11.3 Å². The monoisotopic (exact) mass is 418 g/mol. The molecule has 1 amide bonds. The third kappa shape index (κ3) is 5.03. The summed E-state index contributed by atoms with van der Waals surface area (Å²) in [5, 5.41) is 14.7. The van der Waals surface area contributed by atoms with Crippen LogP contribution in [0.4, 0.5) is 5.69 Å². The van der Waals surface area contributed by atoms with Crippen molar-refractivity contribution in [1.29, 1.82) is 5.26 Å². The maximum absolute atomic E-state index is 12.1. The molecule has 0 aliphatic rings. The predicted molar refractivity (Wildman–Crippen MR) is 129 cm³/mol. The van der Waals surface area contributed by atoms with Crippen LogP contribution >= 0.6 is 0 Å². The Hall–Kier alpha value is -4.36. The van der Waals surface area contributed by atoms with E-state index in [1.807, 2.05) is 91.9 Å². The lowest BCUT2D eigenvalue weighted by Gasteiger charge is -2.09. The Balaban J connectivity index is 1.44. The molecular weight excluding hydrogens is 396 g/mol. The number of carbonyl (C=O) groups is 1. The molecule has 1 N–H and O–H groups in total. The third-order valence-electron chi connectivity index (χ3n) is 5.06. The molecule has 0 saturated heterocycles. The SMILES string of the molecule is Cc1cccc(NC(=O)COc2ccc(/C=C(/C#N)c3cccc4ccccc34)cc2)c1. The fraction of sp³-hybridized carbons (Fsp3) is 0.0714. The summed E-state index contributed by atoms with van der Waals surface area (Å²) < 4.78 is 5.60. The van der Waals surface area contributed by atoms with E-state index in [4.69, 9.17) is 4.74 Å². The minimum absolute atomic E-state index is 0.0808. The van der Waals surface area contributed by atoms with Gasteiger partial charge in [0, 0.05) is 11.3 Å². The molecule has 0 spiro atoms. The number of nitrogens with zero attached hydrogens (tertiary/aromatic N) is 1. The van der Waals surface area contributed by atoms with Crippen LogP contribution in [-0.4, -0.2) is 12.5 Å². The number of benzene rings is 4. The van der Waals surface area contributed by atoms with Crippen LogP contribution in [0.2, 0.25) is 0 Å². The van der Waals surface area contributed by atoms with Crippen molar-refractivity contribution in [2.75, 3.05) is 11.9 Å². The molecule has 4 aromatic rings. The zero-order valence-electron chi connectivity index (χ0n) is 17.7. The fourth-order valence-electron chi connectivity index (χ4n) is 3.53. The number of allylic oxidation sites excluding steroid dienone is 1. The van der Waals surface area contributed by atoms with Gasteiger partial charge in [-0.2, -0.15) is 5.26 Å². The van der Waals surface area contributed by atoms with Gasteiger partial charge in [-0.1, -0.05) is 66.7 Å². The van der Waals surface area contributed by atoms with Gasteiger partial charge in [-0.05, 0) is 59.2 Å². The van der Waals surface area contributed by atoms with Crippen molar-refractivity contribution < 1.29 is 9.53 Å². The highest BCUT2D eigenvalue weighted by molar-refractivity contribution is 6.01. The second kappa shape index (κ2) is 9.63. The molecule has 0 aromatic heterocycles. The standard InChI is InChI=1S/C28H22N2O2/c1-20-6-4-9-24(16-20)30-28(31)19-32-25-14-12-21(13-15-25)17-23(18-29)27-11-5-8-22-7-2-3-10-26(22)27/h2-17H,19H2,1H3,(H,30,31)/b23-17-. The van der Waals surface area contributed by atoms with Gasteiger partial charge >= 0.3 is 0 Å². The first-order chi connectivity index (χ1) is 15.6. The van der Waals surface area contributed by atoms with Gasteiger partial charge in [-0.3, -0.25) is 4.79 Å². The summed E-state index contributed by atoms with van der Waals surface area (Å²) in [6.45, 7) is 1.89. The summed E-state index contributed by atoms with van der Waals surface area (Å²) in [6.07, 6.45) is 1.86. The largest absolute Gasteiger partial charge is 0.484 e. The summed E-state index contributed by atoms with van der Waals surface area (Å²) >= 11 is 0. The molecule has 4 aromatic carbocycles. The maximum Gasteiger partial charge on any atom is 0.262 e. The lowest BCUT2D eigenvalue weighted by atomic mass is 9.97. The van der Waals surface area contributed by atoms with Gasteiger partial charge in [-0.25, -0.2) is 0 Å². The summed E-state index contributed by atoms with van der Waals surface area (Å²) in [7, 11) is 0. The second-order valence-electron chi connectivity index (χ2n) is 7.47. The molecule has 4 rings (SSSR count). The van der Waals surface area contributed by atoms with E-state index in [9.17, 15) is 10.1 Å². The fourth-order valence-corrected chi connectivity index (χ4v) is 3.53. The van der Waals surface area contributed by atoms with Crippen LogP contribution in [0.25, 0.3) is 22.4 Å². The van der Waals surface area contributed by atoms with E-state index in [1.54, 1.807) is 12.1 Å². The molecule has 4 heteroatoms. The molecule has 0 unspecified atom stereocenters. The van der Waals surface area contributed by atoms with Crippen LogP contribution in [0, 0.1) is 18.3 Å². The number of hydrogen-bond donors (Lipinski definition) is 1. The van der Waals surface area contributed by atoms with E-state index in [0.717, 1.165) is 33.2 Å². The molecule has 156 valence electrons. The number of carbonyl (C=O) groups excluding carboxylic acids is 1. The van der Waals surface area contributed by atoms with Crippen LogP contribution in [0.1, 0.15) is 16.7 Å². The average molecular weight is 418 g/mol. The van der Waals surface area contributed by atoms with Gasteiger partial charge in [0.1, 0.15) is 5.75 Å². The number of ether oxygens (including phenoxy) is 1. The number of fused-ring (bicyclic) bond motifs is 1. The van der Waals surface area contributed by atoms with E-state index in [1.165, 1.54) is 0 Å². The van der Waals surface area contributed by atoms with Gasteiger partial charge in [-0.15, -0.1) is 0 Å². The number of hydrogen-bond acceptors (Lipinski definition) is 3. The smallest absolute Gasteiger partial charge is 0.262 e. The molecule has 0 aliphatic heterocycles. The number of anilines is 1. The molecule has 0 aliphatic carbocycles. The summed E-state index contributed by atoms with van der Waals surface area (Å²) in [6, 6.07) is 31.2. The average Bonchev–Trinajstić information content (AvgIpc) is 2.82. The molecule has 4 nitrogen and oxygen atoms in total. The molecule has 0 radical (unpaired) electrons. The lowest BCUT2D eigenvalue weighted by molar-refractivity contribution is -0.118. The maximum atomic E-state index is 12.1.